The molecule has 0 radical (unpaired) electrons. The first kappa shape index (κ1) is 19.7. The van der Waals surface area contributed by atoms with Crippen LogP contribution in [0.5, 0.6) is 5.75 Å². The Hall–Kier alpha value is -3.08. The monoisotopic (exact) mass is 379 g/mol. The first-order valence-corrected chi connectivity index (χ1v) is 9.34. The summed E-state index contributed by atoms with van der Waals surface area (Å²) >= 11 is 0. The highest BCUT2D eigenvalue weighted by Crippen LogP contribution is 2.40. The maximum absolute atomic E-state index is 12.9. The molecule has 5 heteroatoms. The van der Waals surface area contributed by atoms with E-state index >= 15 is 0 Å². The van der Waals surface area contributed by atoms with E-state index in [1.165, 1.54) is 17.0 Å². The van der Waals surface area contributed by atoms with Crippen molar-refractivity contribution in [1.29, 1.82) is 0 Å². The summed E-state index contributed by atoms with van der Waals surface area (Å²) in [6, 6.07) is 11.7. The van der Waals surface area contributed by atoms with Gasteiger partial charge in [-0.05, 0) is 42.7 Å². The normalized spacial score (nSPS) is 17.0. The van der Waals surface area contributed by atoms with Gasteiger partial charge in [0.2, 0.25) is 0 Å². The van der Waals surface area contributed by atoms with Gasteiger partial charge in [-0.1, -0.05) is 49.7 Å². The SMILES string of the molecule is Cc1ccc(C)c(CN2C(=O)C(O)=C(C(=O)C(C)C)C2c2ccc(O)cc2)c1. The van der Waals surface area contributed by atoms with Crippen molar-refractivity contribution in [3.63, 3.8) is 0 Å². The first-order chi connectivity index (χ1) is 13.2. The van der Waals surface area contributed by atoms with Gasteiger partial charge in [-0.25, -0.2) is 0 Å². The zero-order chi connectivity index (χ0) is 20.6. The lowest BCUT2D eigenvalue weighted by molar-refractivity contribution is -0.130. The van der Waals surface area contributed by atoms with Crippen LogP contribution in [0.4, 0.5) is 0 Å². The number of phenols is 1. The Morgan fingerprint density at radius 2 is 1.71 bits per heavy atom. The zero-order valence-corrected chi connectivity index (χ0v) is 16.6. The first-order valence-electron chi connectivity index (χ1n) is 9.34. The number of aliphatic hydroxyl groups is 1. The van der Waals surface area contributed by atoms with Crippen LogP contribution in [0.25, 0.3) is 0 Å². The third kappa shape index (κ3) is 3.52. The number of Topliss-reactive ketones (excluding diaryl/α,β-unsaturated/α-hetero) is 1. The topological polar surface area (TPSA) is 77.8 Å². The second kappa shape index (κ2) is 7.50. The molecule has 0 saturated carbocycles. The van der Waals surface area contributed by atoms with E-state index in [4.69, 9.17) is 0 Å². The van der Waals surface area contributed by atoms with E-state index < -0.39 is 17.7 Å². The average Bonchev–Trinajstić information content (AvgIpc) is 2.89. The summed E-state index contributed by atoms with van der Waals surface area (Å²) < 4.78 is 0. The van der Waals surface area contributed by atoms with E-state index in [2.05, 4.69) is 0 Å². The fourth-order valence-corrected chi connectivity index (χ4v) is 3.54. The number of ketones is 1. The third-order valence-electron chi connectivity index (χ3n) is 5.15. The number of aryl methyl sites for hydroxylation is 2. The molecule has 1 heterocycles. The van der Waals surface area contributed by atoms with Crippen molar-refractivity contribution in [3.05, 3.63) is 76.1 Å². The average molecular weight is 379 g/mol. The minimum atomic E-state index is -0.692. The highest BCUT2D eigenvalue weighted by atomic mass is 16.3. The molecular weight excluding hydrogens is 354 g/mol. The van der Waals surface area contributed by atoms with Crippen LogP contribution in [0.15, 0.2) is 53.8 Å². The number of aliphatic hydroxyl groups excluding tert-OH is 1. The van der Waals surface area contributed by atoms with Gasteiger partial charge in [-0.3, -0.25) is 9.59 Å². The molecule has 2 N–H and O–H groups in total. The number of rotatable bonds is 5. The van der Waals surface area contributed by atoms with Crippen molar-refractivity contribution < 1.29 is 19.8 Å². The van der Waals surface area contributed by atoms with Crippen LogP contribution in [0.3, 0.4) is 0 Å². The van der Waals surface area contributed by atoms with Gasteiger partial charge in [-0.2, -0.15) is 0 Å². The second-order valence-corrected chi connectivity index (χ2v) is 7.64. The molecule has 2 aromatic carbocycles. The van der Waals surface area contributed by atoms with Crippen molar-refractivity contribution in [2.75, 3.05) is 0 Å². The molecule has 1 aliphatic rings. The molecule has 3 rings (SSSR count). The van der Waals surface area contributed by atoms with Gasteiger partial charge in [-0.15, -0.1) is 0 Å². The number of carbonyl (C=O) groups is 2. The Morgan fingerprint density at radius 3 is 2.32 bits per heavy atom. The van der Waals surface area contributed by atoms with Crippen molar-refractivity contribution in [2.24, 2.45) is 5.92 Å². The van der Waals surface area contributed by atoms with Gasteiger partial charge in [0.1, 0.15) is 5.75 Å². The molecule has 2 aromatic rings. The predicted octanol–water partition coefficient (Wildman–Crippen LogP) is 4.13. The Bertz CT molecular complexity index is 957. The summed E-state index contributed by atoms with van der Waals surface area (Å²) in [5.41, 5.74) is 3.86. The lowest BCUT2D eigenvalue weighted by Gasteiger charge is -2.28. The highest BCUT2D eigenvalue weighted by molar-refractivity contribution is 6.09. The lowest BCUT2D eigenvalue weighted by atomic mass is 9.91. The maximum atomic E-state index is 12.9. The van der Waals surface area contributed by atoms with Crippen molar-refractivity contribution in [2.45, 2.75) is 40.3 Å². The van der Waals surface area contributed by atoms with E-state index in [0.717, 1.165) is 16.7 Å². The lowest BCUT2D eigenvalue weighted by Crippen LogP contribution is -2.31. The third-order valence-corrected chi connectivity index (χ3v) is 5.15. The van der Waals surface area contributed by atoms with Crippen LogP contribution in [-0.2, 0) is 16.1 Å². The van der Waals surface area contributed by atoms with Gasteiger partial charge in [0.05, 0.1) is 11.6 Å². The van der Waals surface area contributed by atoms with Crippen LogP contribution >= 0.6 is 0 Å². The molecule has 5 nitrogen and oxygen atoms in total. The van der Waals surface area contributed by atoms with Crippen LogP contribution in [0.2, 0.25) is 0 Å². The van der Waals surface area contributed by atoms with Gasteiger partial charge < -0.3 is 15.1 Å². The number of hydrogen-bond acceptors (Lipinski definition) is 4. The minimum Gasteiger partial charge on any atom is -0.508 e. The molecule has 146 valence electrons. The summed E-state index contributed by atoms with van der Waals surface area (Å²) in [6.45, 7) is 7.72. The summed E-state index contributed by atoms with van der Waals surface area (Å²) in [4.78, 5) is 27.3. The molecule has 1 unspecified atom stereocenters. The van der Waals surface area contributed by atoms with Crippen LogP contribution in [0, 0.1) is 19.8 Å². The number of phenolic OH excluding ortho intramolecular Hbond substituents is 1. The molecule has 28 heavy (non-hydrogen) atoms. The fraction of sp³-hybridized carbons (Fsp3) is 0.304. The molecule has 0 spiro atoms. The van der Waals surface area contributed by atoms with Crippen LogP contribution < -0.4 is 0 Å². The molecule has 0 saturated heterocycles. The molecule has 1 amide bonds. The minimum absolute atomic E-state index is 0.0964. The van der Waals surface area contributed by atoms with E-state index in [0.29, 0.717) is 5.56 Å². The van der Waals surface area contributed by atoms with Crippen LogP contribution in [-0.4, -0.2) is 26.8 Å². The Labute approximate surface area is 164 Å². The number of hydrogen-bond donors (Lipinski definition) is 2. The van der Waals surface area contributed by atoms with Crippen molar-refractivity contribution >= 4 is 11.7 Å². The number of aromatic hydroxyl groups is 1. The largest absolute Gasteiger partial charge is 0.508 e. The van der Waals surface area contributed by atoms with Crippen molar-refractivity contribution in [3.8, 4) is 5.75 Å². The quantitative estimate of drug-likeness (QED) is 0.819. The molecule has 0 aromatic heterocycles. The van der Waals surface area contributed by atoms with Crippen LogP contribution in [0.1, 0.15) is 42.1 Å². The van der Waals surface area contributed by atoms with Gasteiger partial charge in [0.25, 0.3) is 5.91 Å². The van der Waals surface area contributed by atoms with Gasteiger partial charge in [0, 0.05) is 12.5 Å². The van der Waals surface area contributed by atoms with E-state index in [9.17, 15) is 19.8 Å². The zero-order valence-electron chi connectivity index (χ0n) is 16.6. The second-order valence-electron chi connectivity index (χ2n) is 7.64. The van der Waals surface area contributed by atoms with Gasteiger partial charge in [0.15, 0.2) is 11.5 Å². The summed E-state index contributed by atoms with van der Waals surface area (Å²) in [5.74, 6) is -1.55. The number of carbonyl (C=O) groups excluding carboxylic acids is 2. The predicted molar refractivity (Wildman–Crippen MR) is 107 cm³/mol. The van der Waals surface area contributed by atoms with E-state index in [1.54, 1.807) is 26.0 Å². The maximum Gasteiger partial charge on any atom is 0.290 e. The molecule has 0 bridgehead atoms. The van der Waals surface area contributed by atoms with E-state index in [1.807, 2.05) is 32.0 Å². The number of amides is 1. The summed E-state index contributed by atoms with van der Waals surface area (Å²) in [7, 11) is 0. The Kier molecular flexibility index (Phi) is 5.27. The smallest absolute Gasteiger partial charge is 0.290 e. The molecule has 1 aliphatic heterocycles. The fourth-order valence-electron chi connectivity index (χ4n) is 3.54. The standard InChI is InChI=1S/C23H25NO4/c1-13(2)21(26)19-20(16-7-9-18(25)10-8-16)24(23(28)22(19)27)12-17-11-14(3)5-6-15(17)4/h5-11,13,20,25,27H,12H2,1-4H3. The summed E-state index contributed by atoms with van der Waals surface area (Å²) in [5, 5.41) is 20.2. The Balaban J connectivity index is 2.10. The van der Waals surface area contributed by atoms with E-state index in [-0.39, 0.29) is 29.6 Å². The van der Waals surface area contributed by atoms with Crippen molar-refractivity contribution in [1.82, 2.24) is 4.90 Å². The molecule has 0 aliphatic carbocycles. The summed E-state index contributed by atoms with van der Waals surface area (Å²) in [6.07, 6.45) is 0. The number of benzene rings is 2. The highest BCUT2D eigenvalue weighted by Gasteiger charge is 2.43. The Morgan fingerprint density at radius 1 is 1.07 bits per heavy atom. The number of nitrogens with zero attached hydrogens (tertiary/aromatic N) is 1. The molecule has 1 atom stereocenters. The van der Waals surface area contributed by atoms with Gasteiger partial charge >= 0.3 is 0 Å². The molecule has 0 fully saturated rings. The molecular formula is C23H25NO4.